The second kappa shape index (κ2) is 23.3. The van der Waals surface area contributed by atoms with Crippen molar-refractivity contribution in [1.82, 2.24) is 0 Å². The Kier molecular flexibility index (Phi) is 22.9. The smallest absolute Gasteiger partial charge is 0.0639 e. The molecule has 0 amide bonds. The average molecular weight is 393 g/mol. The summed E-state index contributed by atoms with van der Waals surface area (Å²) in [6, 6.07) is 30.4. The van der Waals surface area contributed by atoms with E-state index >= 15 is 0 Å². The summed E-state index contributed by atoms with van der Waals surface area (Å²) in [5, 5.41) is 0. The van der Waals surface area contributed by atoms with Crippen LogP contribution in [-0.2, 0) is 13.1 Å². The minimum atomic E-state index is 0.640. The van der Waals surface area contributed by atoms with Gasteiger partial charge in [0.2, 0.25) is 0 Å². The van der Waals surface area contributed by atoms with Crippen molar-refractivity contribution in [3.63, 3.8) is 0 Å². The van der Waals surface area contributed by atoms with Crippen LogP contribution in [0.3, 0.4) is 0 Å². The average Bonchev–Trinajstić information content (AvgIpc) is 2.85. The quantitative estimate of drug-likeness (QED) is 0.458. The molecule has 0 aliphatic carbocycles. The summed E-state index contributed by atoms with van der Waals surface area (Å²) in [6.07, 6.45) is 1.91. The molecule has 158 valence electrons. The highest BCUT2D eigenvalue weighted by molar-refractivity contribution is 5.79. The second-order valence-electron chi connectivity index (χ2n) is 5.06. The molecule has 0 radical (unpaired) electrons. The normalized spacial score (nSPS) is 8.66. The molecule has 0 aliphatic heterocycles. The number of nitrogens with two attached hydrogens (primary N) is 1. The monoisotopic (exact) mass is 392 g/mol. The SMILES string of the molecule is C(=NCc1ccccc1)c1ccccc1.CC.CC.CC.NCc1ccccc1. The highest BCUT2D eigenvalue weighted by Gasteiger charge is 1.87. The molecule has 2 heteroatoms. The van der Waals surface area contributed by atoms with Gasteiger partial charge in [0.15, 0.2) is 0 Å². The number of rotatable bonds is 4. The van der Waals surface area contributed by atoms with Gasteiger partial charge in [-0.15, -0.1) is 0 Å². The summed E-state index contributed by atoms with van der Waals surface area (Å²) >= 11 is 0. The maximum Gasteiger partial charge on any atom is 0.0639 e. The largest absolute Gasteiger partial charge is 0.326 e. The Labute approximate surface area is 179 Å². The lowest BCUT2D eigenvalue weighted by Gasteiger charge is -1.94. The van der Waals surface area contributed by atoms with Gasteiger partial charge in [-0.1, -0.05) is 133 Å². The van der Waals surface area contributed by atoms with Gasteiger partial charge < -0.3 is 5.73 Å². The Morgan fingerprint density at radius 1 is 0.586 bits per heavy atom. The van der Waals surface area contributed by atoms with E-state index in [4.69, 9.17) is 5.73 Å². The lowest BCUT2D eigenvalue weighted by molar-refractivity contribution is 1.07. The zero-order valence-corrected chi connectivity index (χ0v) is 19.2. The molecule has 2 nitrogen and oxygen atoms in total. The fourth-order valence-corrected chi connectivity index (χ4v) is 1.99. The Morgan fingerprint density at radius 3 is 1.34 bits per heavy atom. The Morgan fingerprint density at radius 2 is 0.966 bits per heavy atom. The third-order valence-electron chi connectivity index (χ3n) is 3.24. The summed E-state index contributed by atoms with van der Waals surface area (Å²) in [6.45, 7) is 13.4. The van der Waals surface area contributed by atoms with Crippen LogP contribution in [-0.4, -0.2) is 6.21 Å². The van der Waals surface area contributed by atoms with Crippen LogP contribution in [0.4, 0.5) is 0 Å². The minimum absolute atomic E-state index is 0.640. The first-order chi connectivity index (χ1) is 14.4. The molecule has 0 aromatic heterocycles. The molecule has 0 aliphatic rings. The van der Waals surface area contributed by atoms with E-state index in [1.807, 2.05) is 114 Å². The predicted molar refractivity (Wildman–Crippen MR) is 133 cm³/mol. The molecule has 0 saturated carbocycles. The zero-order chi connectivity index (χ0) is 22.2. The third-order valence-corrected chi connectivity index (χ3v) is 3.24. The molecular weight excluding hydrogens is 352 g/mol. The molecule has 0 bridgehead atoms. The highest BCUT2D eigenvalue weighted by atomic mass is 14.7. The molecule has 2 N–H and O–H groups in total. The van der Waals surface area contributed by atoms with Gasteiger partial charge in [0.25, 0.3) is 0 Å². The first kappa shape index (κ1) is 28.5. The molecule has 0 spiro atoms. The van der Waals surface area contributed by atoms with Crippen molar-refractivity contribution in [2.24, 2.45) is 10.7 Å². The van der Waals surface area contributed by atoms with E-state index in [0.717, 1.165) is 12.1 Å². The van der Waals surface area contributed by atoms with E-state index < -0.39 is 0 Å². The van der Waals surface area contributed by atoms with E-state index in [9.17, 15) is 0 Å². The number of hydrogen-bond donors (Lipinski definition) is 1. The van der Waals surface area contributed by atoms with Gasteiger partial charge in [-0.2, -0.15) is 0 Å². The summed E-state index contributed by atoms with van der Waals surface area (Å²) in [5.74, 6) is 0. The number of hydrogen-bond acceptors (Lipinski definition) is 2. The Balaban J connectivity index is 0. The van der Waals surface area contributed by atoms with Crippen LogP contribution in [0.1, 0.15) is 58.2 Å². The van der Waals surface area contributed by atoms with Crippen LogP contribution in [0.15, 0.2) is 96.0 Å². The van der Waals surface area contributed by atoms with Gasteiger partial charge in [-0.05, 0) is 16.7 Å². The number of benzene rings is 3. The summed E-state index contributed by atoms with van der Waals surface area (Å²) in [7, 11) is 0. The molecule has 0 atom stereocenters. The van der Waals surface area contributed by atoms with Crippen LogP contribution in [0.5, 0.6) is 0 Å². The predicted octanol–water partition coefficient (Wildman–Crippen LogP) is 7.53. The zero-order valence-electron chi connectivity index (χ0n) is 19.2. The van der Waals surface area contributed by atoms with Gasteiger partial charge in [0.1, 0.15) is 0 Å². The minimum Gasteiger partial charge on any atom is -0.326 e. The Bertz CT molecular complexity index is 678. The fourth-order valence-electron chi connectivity index (χ4n) is 1.99. The van der Waals surface area contributed by atoms with E-state index in [-0.39, 0.29) is 0 Å². The Hall–Kier alpha value is -2.71. The van der Waals surface area contributed by atoms with Crippen LogP contribution in [0, 0.1) is 0 Å². The summed E-state index contributed by atoms with van der Waals surface area (Å²) in [4.78, 5) is 4.39. The van der Waals surface area contributed by atoms with E-state index in [1.165, 1.54) is 11.1 Å². The second-order valence-corrected chi connectivity index (χ2v) is 5.06. The summed E-state index contributed by atoms with van der Waals surface area (Å²) < 4.78 is 0. The van der Waals surface area contributed by atoms with Crippen molar-refractivity contribution in [2.45, 2.75) is 54.6 Å². The van der Waals surface area contributed by atoms with Crippen molar-refractivity contribution in [1.29, 1.82) is 0 Å². The first-order valence-electron chi connectivity index (χ1n) is 10.7. The molecule has 3 aromatic carbocycles. The maximum atomic E-state index is 5.35. The van der Waals surface area contributed by atoms with Crippen LogP contribution < -0.4 is 5.73 Å². The van der Waals surface area contributed by atoms with Crippen molar-refractivity contribution in [3.05, 3.63) is 108 Å². The molecule has 3 rings (SSSR count). The number of nitrogens with zero attached hydrogens (tertiary/aromatic N) is 1. The first-order valence-corrected chi connectivity index (χ1v) is 10.7. The molecule has 0 unspecified atom stereocenters. The highest BCUT2D eigenvalue weighted by Crippen LogP contribution is 2.01. The molecule has 3 aromatic rings. The fraction of sp³-hybridized carbons (Fsp3) is 0.296. The van der Waals surface area contributed by atoms with E-state index in [2.05, 4.69) is 29.3 Å². The molecule has 0 saturated heterocycles. The molecular formula is C27H40N2. The molecule has 0 fully saturated rings. The van der Waals surface area contributed by atoms with Crippen molar-refractivity contribution < 1.29 is 0 Å². The van der Waals surface area contributed by atoms with Crippen LogP contribution in [0.25, 0.3) is 0 Å². The molecule has 0 heterocycles. The lowest BCUT2D eigenvalue weighted by Crippen LogP contribution is -1.94. The van der Waals surface area contributed by atoms with Gasteiger partial charge in [-0.25, -0.2) is 0 Å². The van der Waals surface area contributed by atoms with Crippen LogP contribution >= 0.6 is 0 Å². The lowest BCUT2D eigenvalue weighted by atomic mass is 10.2. The number of aliphatic imine (C=N–C) groups is 1. The van der Waals surface area contributed by atoms with Gasteiger partial charge >= 0.3 is 0 Å². The maximum absolute atomic E-state index is 5.35. The van der Waals surface area contributed by atoms with E-state index in [1.54, 1.807) is 0 Å². The van der Waals surface area contributed by atoms with Crippen molar-refractivity contribution in [2.75, 3.05) is 0 Å². The van der Waals surface area contributed by atoms with Crippen molar-refractivity contribution >= 4 is 6.21 Å². The van der Waals surface area contributed by atoms with Gasteiger partial charge in [0, 0.05) is 12.8 Å². The third kappa shape index (κ3) is 16.0. The van der Waals surface area contributed by atoms with Gasteiger partial charge in [-0.3, -0.25) is 4.99 Å². The summed E-state index contributed by atoms with van der Waals surface area (Å²) in [5.41, 5.74) is 8.92. The van der Waals surface area contributed by atoms with Crippen molar-refractivity contribution in [3.8, 4) is 0 Å². The topological polar surface area (TPSA) is 38.4 Å². The van der Waals surface area contributed by atoms with E-state index in [0.29, 0.717) is 6.54 Å². The van der Waals surface area contributed by atoms with Gasteiger partial charge in [0.05, 0.1) is 6.54 Å². The standard InChI is InChI=1S/C14H13N.C7H9N.3C2H6/c1-3-7-13(8-4-1)11-15-12-14-9-5-2-6-10-14;8-6-7-4-2-1-3-5-7;3*1-2/h1-11H,12H2;1-5H,6,8H2;3*1-2H3. The van der Waals surface area contributed by atoms with Crippen LogP contribution in [0.2, 0.25) is 0 Å². The molecule has 29 heavy (non-hydrogen) atoms.